The zero-order valence-electron chi connectivity index (χ0n) is 11.3. The minimum atomic E-state index is 0.0816. The molecule has 0 atom stereocenters. The van der Waals surface area contributed by atoms with Crippen LogP contribution in [0.2, 0.25) is 0 Å². The van der Waals surface area contributed by atoms with Gasteiger partial charge < -0.3 is 14.8 Å². The van der Waals surface area contributed by atoms with Crippen molar-refractivity contribution in [3.63, 3.8) is 0 Å². The van der Waals surface area contributed by atoms with Gasteiger partial charge in [0, 0.05) is 16.9 Å². The van der Waals surface area contributed by atoms with Gasteiger partial charge in [-0.1, -0.05) is 0 Å². The zero-order chi connectivity index (χ0) is 14.2. The van der Waals surface area contributed by atoms with Gasteiger partial charge in [0.25, 0.3) is 0 Å². The number of anilines is 1. The molecule has 4 rings (SSSR count). The normalized spacial score (nSPS) is 16.6. The Kier molecular flexibility index (Phi) is 3.03. The van der Waals surface area contributed by atoms with Crippen LogP contribution in [0, 0.1) is 5.92 Å². The molecule has 1 aromatic heterocycles. The highest BCUT2D eigenvalue weighted by atomic mass is 32.1. The van der Waals surface area contributed by atoms with E-state index in [0.717, 1.165) is 35.6 Å². The highest BCUT2D eigenvalue weighted by Crippen LogP contribution is 2.36. The van der Waals surface area contributed by atoms with E-state index in [0.29, 0.717) is 18.3 Å². The van der Waals surface area contributed by atoms with Gasteiger partial charge in [-0.25, -0.2) is 4.98 Å². The van der Waals surface area contributed by atoms with Gasteiger partial charge in [-0.15, -0.1) is 11.3 Å². The van der Waals surface area contributed by atoms with Crippen molar-refractivity contribution in [3.05, 3.63) is 23.6 Å². The minimum Gasteiger partial charge on any atom is -0.486 e. The summed E-state index contributed by atoms with van der Waals surface area (Å²) in [4.78, 5) is 16.2. The summed E-state index contributed by atoms with van der Waals surface area (Å²) in [6, 6.07) is 5.77. The van der Waals surface area contributed by atoms with E-state index in [1.807, 2.05) is 23.6 Å². The fourth-order valence-electron chi connectivity index (χ4n) is 2.22. The summed E-state index contributed by atoms with van der Waals surface area (Å²) >= 11 is 1.44. The van der Waals surface area contributed by atoms with Crippen molar-refractivity contribution in [2.45, 2.75) is 12.8 Å². The molecular weight excluding hydrogens is 288 g/mol. The summed E-state index contributed by atoms with van der Waals surface area (Å²) in [6.45, 7) is 1.15. The van der Waals surface area contributed by atoms with Crippen LogP contribution in [0.4, 0.5) is 5.13 Å². The molecule has 1 aromatic carbocycles. The van der Waals surface area contributed by atoms with Gasteiger partial charge in [0.2, 0.25) is 5.91 Å². The Balaban J connectivity index is 1.55. The number of hydrogen-bond donors (Lipinski definition) is 1. The largest absolute Gasteiger partial charge is 0.486 e. The van der Waals surface area contributed by atoms with Crippen LogP contribution < -0.4 is 14.8 Å². The molecule has 6 heteroatoms. The number of carbonyl (C=O) groups is 1. The van der Waals surface area contributed by atoms with Crippen LogP contribution in [0.5, 0.6) is 11.5 Å². The van der Waals surface area contributed by atoms with Gasteiger partial charge in [-0.05, 0) is 31.0 Å². The number of aromatic nitrogens is 1. The molecule has 0 bridgehead atoms. The van der Waals surface area contributed by atoms with E-state index in [4.69, 9.17) is 9.47 Å². The Morgan fingerprint density at radius 1 is 1.24 bits per heavy atom. The van der Waals surface area contributed by atoms with Crippen LogP contribution in [0.3, 0.4) is 0 Å². The summed E-state index contributed by atoms with van der Waals surface area (Å²) in [5.41, 5.74) is 1.80. The van der Waals surface area contributed by atoms with Crippen LogP contribution in [0.15, 0.2) is 23.6 Å². The molecule has 0 spiro atoms. The van der Waals surface area contributed by atoms with Crippen LogP contribution >= 0.6 is 11.3 Å². The molecule has 1 aliphatic carbocycles. The molecule has 1 N–H and O–H groups in total. The van der Waals surface area contributed by atoms with Crippen LogP contribution in [-0.2, 0) is 4.79 Å². The maximum atomic E-state index is 11.7. The second kappa shape index (κ2) is 5.04. The lowest BCUT2D eigenvalue weighted by molar-refractivity contribution is -0.117. The molecule has 0 radical (unpaired) electrons. The third-order valence-electron chi connectivity index (χ3n) is 3.52. The third kappa shape index (κ3) is 2.58. The first kappa shape index (κ1) is 12.6. The van der Waals surface area contributed by atoms with E-state index in [-0.39, 0.29) is 11.8 Å². The topological polar surface area (TPSA) is 60.5 Å². The summed E-state index contributed by atoms with van der Waals surface area (Å²) in [6.07, 6.45) is 1.98. The van der Waals surface area contributed by atoms with Crippen molar-refractivity contribution >= 4 is 22.4 Å². The second-order valence-corrected chi connectivity index (χ2v) is 6.02. The van der Waals surface area contributed by atoms with Crippen LogP contribution in [0.1, 0.15) is 12.8 Å². The molecular formula is C15H14N2O3S. The Hall–Kier alpha value is -2.08. The smallest absolute Gasteiger partial charge is 0.229 e. The maximum absolute atomic E-state index is 11.7. The molecule has 0 unspecified atom stereocenters. The molecule has 2 aromatic rings. The summed E-state index contributed by atoms with van der Waals surface area (Å²) in [5.74, 6) is 1.78. The number of amides is 1. The number of hydrogen-bond acceptors (Lipinski definition) is 5. The molecule has 1 aliphatic heterocycles. The van der Waals surface area contributed by atoms with Gasteiger partial charge in [0.1, 0.15) is 13.2 Å². The number of fused-ring (bicyclic) bond motifs is 1. The molecule has 2 aliphatic rings. The SMILES string of the molecule is O=C(Nc1nc(-c2ccc3c(c2)OCCO3)cs1)C1CC1. The molecule has 1 amide bonds. The van der Waals surface area contributed by atoms with E-state index < -0.39 is 0 Å². The summed E-state index contributed by atoms with van der Waals surface area (Å²) in [5, 5.41) is 5.46. The van der Waals surface area contributed by atoms with E-state index >= 15 is 0 Å². The molecule has 1 fully saturated rings. The fraction of sp³-hybridized carbons (Fsp3) is 0.333. The number of carbonyl (C=O) groups excluding carboxylic acids is 1. The number of benzene rings is 1. The maximum Gasteiger partial charge on any atom is 0.229 e. The van der Waals surface area contributed by atoms with Crippen LogP contribution in [0.25, 0.3) is 11.3 Å². The fourth-order valence-corrected chi connectivity index (χ4v) is 2.94. The average Bonchev–Trinajstić information content (AvgIpc) is 3.27. The summed E-state index contributed by atoms with van der Waals surface area (Å²) < 4.78 is 11.1. The van der Waals surface area contributed by atoms with Crippen molar-refractivity contribution in [2.24, 2.45) is 5.92 Å². The van der Waals surface area contributed by atoms with Gasteiger partial charge in [0.15, 0.2) is 16.6 Å². The van der Waals surface area contributed by atoms with Gasteiger partial charge >= 0.3 is 0 Å². The molecule has 0 saturated heterocycles. The molecule has 108 valence electrons. The minimum absolute atomic E-state index is 0.0816. The number of nitrogens with zero attached hydrogens (tertiary/aromatic N) is 1. The van der Waals surface area contributed by atoms with E-state index in [2.05, 4.69) is 10.3 Å². The van der Waals surface area contributed by atoms with Crippen molar-refractivity contribution in [3.8, 4) is 22.8 Å². The van der Waals surface area contributed by atoms with E-state index in [9.17, 15) is 4.79 Å². The highest BCUT2D eigenvalue weighted by molar-refractivity contribution is 7.14. The standard InChI is InChI=1S/C15H14N2O3S/c18-14(9-1-2-9)17-15-16-11(8-21-15)10-3-4-12-13(7-10)20-6-5-19-12/h3-4,7-9H,1-2,5-6H2,(H,16,17,18). The number of nitrogens with one attached hydrogen (secondary N) is 1. The van der Waals surface area contributed by atoms with Gasteiger partial charge in [-0.3, -0.25) is 4.79 Å². The lowest BCUT2D eigenvalue weighted by atomic mass is 10.1. The monoisotopic (exact) mass is 302 g/mol. The molecule has 2 heterocycles. The lowest BCUT2D eigenvalue weighted by Crippen LogP contribution is -2.15. The number of ether oxygens (including phenoxy) is 2. The van der Waals surface area contributed by atoms with Crippen molar-refractivity contribution < 1.29 is 14.3 Å². The highest BCUT2D eigenvalue weighted by Gasteiger charge is 2.30. The Bertz CT molecular complexity index is 694. The van der Waals surface area contributed by atoms with Crippen LogP contribution in [-0.4, -0.2) is 24.1 Å². The number of rotatable bonds is 3. The first-order chi connectivity index (χ1) is 10.3. The first-order valence-electron chi connectivity index (χ1n) is 6.96. The molecule has 21 heavy (non-hydrogen) atoms. The molecule has 5 nitrogen and oxygen atoms in total. The third-order valence-corrected chi connectivity index (χ3v) is 4.28. The average molecular weight is 302 g/mol. The Morgan fingerprint density at radius 3 is 2.86 bits per heavy atom. The first-order valence-corrected chi connectivity index (χ1v) is 7.84. The number of thiazole rings is 1. The molecule has 1 saturated carbocycles. The van der Waals surface area contributed by atoms with Gasteiger partial charge in [-0.2, -0.15) is 0 Å². The van der Waals surface area contributed by atoms with E-state index in [1.165, 1.54) is 11.3 Å². The van der Waals surface area contributed by atoms with Gasteiger partial charge in [0.05, 0.1) is 5.69 Å². The lowest BCUT2D eigenvalue weighted by Gasteiger charge is -2.18. The van der Waals surface area contributed by atoms with Crippen molar-refractivity contribution in [1.82, 2.24) is 4.98 Å². The van der Waals surface area contributed by atoms with E-state index in [1.54, 1.807) is 0 Å². The predicted molar refractivity (Wildman–Crippen MR) is 79.9 cm³/mol. The summed E-state index contributed by atoms with van der Waals surface area (Å²) in [7, 11) is 0. The zero-order valence-corrected chi connectivity index (χ0v) is 12.1. The van der Waals surface area contributed by atoms with Crippen molar-refractivity contribution in [2.75, 3.05) is 18.5 Å². The second-order valence-electron chi connectivity index (χ2n) is 5.16. The van der Waals surface area contributed by atoms with Crippen molar-refractivity contribution in [1.29, 1.82) is 0 Å². The quantitative estimate of drug-likeness (QED) is 0.947. The Morgan fingerprint density at radius 2 is 2.05 bits per heavy atom. The predicted octanol–water partition coefficient (Wildman–Crippen LogP) is 2.93. The Labute approximate surface area is 125 Å².